The van der Waals surface area contributed by atoms with Gasteiger partial charge in [-0.15, -0.1) is 13.2 Å². The maximum absolute atomic E-state index is 12.6. The van der Waals surface area contributed by atoms with Crippen molar-refractivity contribution in [2.24, 2.45) is 5.41 Å². The van der Waals surface area contributed by atoms with Gasteiger partial charge in [-0.05, 0) is 43.2 Å². The highest BCUT2D eigenvalue weighted by atomic mass is 19.4. The Kier molecular flexibility index (Phi) is 6.59. The lowest BCUT2D eigenvalue weighted by Gasteiger charge is -2.18. The normalized spacial score (nSPS) is 16.7. The van der Waals surface area contributed by atoms with Gasteiger partial charge in [0.25, 0.3) is 0 Å². The molecular weight excluding hydrogens is 373 g/mol. The Morgan fingerprint density at radius 3 is 2.68 bits per heavy atom. The third kappa shape index (κ3) is 6.48. The Bertz CT molecular complexity index is 817. The molecule has 0 bridgehead atoms. The molecule has 4 nitrogen and oxygen atoms in total. The van der Waals surface area contributed by atoms with Gasteiger partial charge < -0.3 is 14.2 Å². The number of carbonyl (C=O) groups is 1. The summed E-state index contributed by atoms with van der Waals surface area (Å²) in [5.74, 6) is -0.319. The average Bonchev–Trinajstić information content (AvgIpc) is 2.68. The third-order valence-corrected chi connectivity index (χ3v) is 3.80. The van der Waals surface area contributed by atoms with E-state index in [0.717, 1.165) is 0 Å². The van der Waals surface area contributed by atoms with Crippen molar-refractivity contribution in [1.82, 2.24) is 0 Å². The van der Waals surface area contributed by atoms with Crippen LogP contribution in [0.25, 0.3) is 5.57 Å². The van der Waals surface area contributed by atoms with Gasteiger partial charge in [-0.3, -0.25) is 0 Å². The van der Waals surface area contributed by atoms with E-state index < -0.39 is 12.3 Å². The molecule has 7 heteroatoms. The van der Waals surface area contributed by atoms with Gasteiger partial charge in [-0.1, -0.05) is 32.1 Å². The first-order valence-corrected chi connectivity index (χ1v) is 8.78. The highest BCUT2D eigenvalue weighted by Gasteiger charge is 2.32. The fourth-order valence-electron chi connectivity index (χ4n) is 2.64. The molecule has 0 aromatic heterocycles. The lowest BCUT2D eigenvalue weighted by Crippen LogP contribution is -2.17. The van der Waals surface area contributed by atoms with Crippen molar-refractivity contribution >= 4 is 11.5 Å². The number of ether oxygens (including phenoxy) is 3. The summed E-state index contributed by atoms with van der Waals surface area (Å²) in [6.07, 6.45) is 1.92. The molecule has 0 unspecified atom stereocenters. The second-order valence-electron chi connectivity index (χ2n) is 7.06. The SMILES string of the molecule is CCOC(=O)/C=C(C)/C=C/C1=CC(C)(C)COc2ccc(OC(F)(F)F)cc21. The van der Waals surface area contributed by atoms with Crippen LogP contribution in [0.5, 0.6) is 11.5 Å². The Balaban J connectivity index is 2.41. The van der Waals surface area contributed by atoms with Crippen LogP contribution in [0.1, 0.15) is 33.3 Å². The number of hydrogen-bond donors (Lipinski definition) is 0. The lowest BCUT2D eigenvalue weighted by molar-refractivity contribution is -0.274. The largest absolute Gasteiger partial charge is 0.573 e. The maximum atomic E-state index is 12.6. The highest BCUT2D eigenvalue weighted by Crippen LogP contribution is 2.38. The van der Waals surface area contributed by atoms with Crippen LogP contribution >= 0.6 is 0 Å². The van der Waals surface area contributed by atoms with E-state index in [0.29, 0.717) is 29.1 Å². The van der Waals surface area contributed by atoms with Crippen LogP contribution in [0, 0.1) is 5.41 Å². The Morgan fingerprint density at radius 1 is 1.32 bits per heavy atom. The summed E-state index contributed by atoms with van der Waals surface area (Å²) in [5, 5.41) is 0. The van der Waals surface area contributed by atoms with E-state index in [1.54, 1.807) is 26.0 Å². The van der Waals surface area contributed by atoms with Gasteiger partial charge in [0.1, 0.15) is 11.5 Å². The number of benzene rings is 1. The molecule has 0 atom stereocenters. The molecule has 1 aromatic carbocycles. The van der Waals surface area contributed by atoms with E-state index in [4.69, 9.17) is 9.47 Å². The van der Waals surface area contributed by atoms with Crippen molar-refractivity contribution in [1.29, 1.82) is 0 Å². The van der Waals surface area contributed by atoms with Crippen LogP contribution in [0.2, 0.25) is 0 Å². The van der Waals surface area contributed by atoms with Gasteiger partial charge in [0.15, 0.2) is 0 Å². The van der Waals surface area contributed by atoms with Gasteiger partial charge in [-0.2, -0.15) is 0 Å². The summed E-state index contributed by atoms with van der Waals surface area (Å²) in [5.41, 5.74) is 1.45. The minimum absolute atomic E-state index is 0.276. The number of esters is 1. The molecule has 0 aliphatic carbocycles. The van der Waals surface area contributed by atoms with Crippen molar-refractivity contribution in [3.63, 3.8) is 0 Å². The molecule has 1 aliphatic heterocycles. The van der Waals surface area contributed by atoms with Crippen molar-refractivity contribution in [2.75, 3.05) is 13.2 Å². The second kappa shape index (κ2) is 8.54. The van der Waals surface area contributed by atoms with Gasteiger partial charge in [0, 0.05) is 17.1 Å². The van der Waals surface area contributed by atoms with Gasteiger partial charge in [0.05, 0.1) is 13.2 Å². The molecule has 0 fully saturated rings. The van der Waals surface area contributed by atoms with Gasteiger partial charge >= 0.3 is 12.3 Å². The molecule has 1 aromatic rings. The molecule has 0 saturated heterocycles. The average molecular weight is 396 g/mol. The first kappa shape index (κ1) is 21.6. The smallest absolute Gasteiger partial charge is 0.492 e. The summed E-state index contributed by atoms with van der Waals surface area (Å²) >= 11 is 0. The molecule has 28 heavy (non-hydrogen) atoms. The van der Waals surface area contributed by atoms with E-state index in [1.165, 1.54) is 24.3 Å². The third-order valence-electron chi connectivity index (χ3n) is 3.80. The molecule has 0 N–H and O–H groups in total. The Morgan fingerprint density at radius 2 is 2.04 bits per heavy atom. The first-order chi connectivity index (χ1) is 13.0. The fraction of sp³-hybridized carbons (Fsp3) is 0.381. The van der Waals surface area contributed by atoms with Crippen LogP contribution < -0.4 is 9.47 Å². The standard InChI is InChI=1S/C21H23F3O4/c1-5-26-19(25)10-14(2)6-7-15-12-20(3,4)13-27-18-9-8-16(11-17(15)18)28-21(22,23)24/h6-12H,5,13H2,1-4H3/b7-6+,14-10+. The number of halogens is 3. The molecule has 0 amide bonds. The number of fused-ring (bicyclic) bond motifs is 1. The first-order valence-electron chi connectivity index (χ1n) is 8.78. The van der Waals surface area contributed by atoms with Crippen LogP contribution in [0.3, 0.4) is 0 Å². The number of hydrogen-bond acceptors (Lipinski definition) is 4. The number of rotatable bonds is 5. The van der Waals surface area contributed by atoms with Gasteiger partial charge in [0.2, 0.25) is 0 Å². The van der Waals surface area contributed by atoms with E-state index in [1.807, 2.05) is 19.9 Å². The highest BCUT2D eigenvalue weighted by molar-refractivity contribution is 5.84. The number of alkyl halides is 3. The molecular formula is C21H23F3O4. The van der Waals surface area contributed by atoms with Crippen LogP contribution in [0.15, 0.2) is 48.1 Å². The maximum Gasteiger partial charge on any atom is 0.573 e. The Labute approximate surface area is 162 Å². The van der Waals surface area contributed by atoms with Crippen LogP contribution in [-0.2, 0) is 9.53 Å². The topological polar surface area (TPSA) is 44.8 Å². The summed E-state index contributed by atoms with van der Waals surface area (Å²) < 4.78 is 52.4. The summed E-state index contributed by atoms with van der Waals surface area (Å²) in [7, 11) is 0. The zero-order valence-electron chi connectivity index (χ0n) is 16.2. The monoisotopic (exact) mass is 396 g/mol. The summed E-state index contributed by atoms with van der Waals surface area (Å²) in [4.78, 5) is 11.5. The molecule has 0 radical (unpaired) electrons. The second-order valence-corrected chi connectivity index (χ2v) is 7.06. The molecule has 1 aliphatic rings. The van der Waals surface area contributed by atoms with Gasteiger partial charge in [-0.25, -0.2) is 4.79 Å². The minimum Gasteiger partial charge on any atom is -0.492 e. The van der Waals surface area contributed by atoms with Crippen LogP contribution in [0.4, 0.5) is 13.2 Å². The molecule has 0 saturated carbocycles. The van der Waals surface area contributed by atoms with Crippen molar-refractivity contribution in [3.05, 3.63) is 53.6 Å². The zero-order chi connectivity index (χ0) is 20.9. The summed E-state index contributed by atoms with van der Waals surface area (Å²) in [6.45, 7) is 8.01. The zero-order valence-corrected chi connectivity index (χ0v) is 16.2. The van der Waals surface area contributed by atoms with Crippen molar-refractivity contribution < 1.29 is 32.2 Å². The minimum atomic E-state index is -4.78. The molecule has 152 valence electrons. The predicted molar refractivity (Wildman–Crippen MR) is 99.9 cm³/mol. The van der Waals surface area contributed by atoms with Crippen LogP contribution in [-0.4, -0.2) is 25.5 Å². The lowest BCUT2D eigenvalue weighted by atomic mass is 9.90. The molecule has 0 spiro atoms. The van der Waals surface area contributed by atoms with E-state index in [-0.39, 0.29) is 17.8 Å². The van der Waals surface area contributed by atoms with Crippen molar-refractivity contribution in [2.45, 2.75) is 34.1 Å². The summed E-state index contributed by atoms with van der Waals surface area (Å²) in [6, 6.07) is 3.98. The predicted octanol–water partition coefficient (Wildman–Crippen LogP) is 5.45. The quantitative estimate of drug-likeness (QED) is 0.377. The van der Waals surface area contributed by atoms with E-state index in [2.05, 4.69) is 4.74 Å². The number of allylic oxidation sites excluding steroid dienone is 4. The van der Waals surface area contributed by atoms with Crippen molar-refractivity contribution in [3.8, 4) is 11.5 Å². The fourth-order valence-corrected chi connectivity index (χ4v) is 2.64. The molecule has 1 heterocycles. The number of carbonyl (C=O) groups excluding carboxylic acids is 1. The van der Waals surface area contributed by atoms with E-state index in [9.17, 15) is 18.0 Å². The Hall–Kier alpha value is -2.70. The van der Waals surface area contributed by atoms with E-state index >= 15 is 0 Å². The molecule has 2 rings (SSSR count).